The van der Waals surface area contributed by atoms with Crippen molar-refractivity contribution in [2.75, 3.05) is 5.73 Å². The molecule has 102 valence electrons. The molecule has 3 rings (SSSR count). The topological polar surface area (TPSA) is 84.7 Å². The number of hydrogen-bond donors (Lipinski definition) is 2. The van der Waals surface area contributed by atoms with Gasteiger partial charge in [-0.15, -0.1) is 0 Å². The minimum atomic E-state index is -1.25. The highest BCUT2D eigenvalue weighted by Gasteiger charge is 2.12. The van der Waals surface area contributed by atoms with Crippen molar-refractivity contribution < 1.29 is 4.21 Å². The maximum absolute atomic E-state index is 12.4. The minimum Gasteiger partial charge on any atom is -0.399 e. The van der Waals surface area contributed by atoms with Gasteiger partial charge in [-0.05, 0) is 36.8 Å². The van der Waals surface area contributed by atoms with Crippen LogP contribution in [0.3, 0.4) is 0 Å². The lowest BCUT2D eigenvalue weighted by molar-refractivity contribution is 0.676. The summed E-state index contributed by atoms with van der Waals surface area (Å²) >= 11 is 0. The van der Waals surface area contributed by atoms with Gasteiger partial charge in [0.25, 0.3) is 0 Å². The van der Waals surface area contributed by atoms with Gasteiger partial charge < -0.3 is 10.7 Å². The second kappa shape index (κ2) is 5.05. The van der Waals surface area contributed by atoms with Gasteiger partial charge in [-0.2, -0.15) is 0 Å². The van der Waals surface area contributed by atoms with E-state index in [1.807, 2.05) is 25.1 Å². The molecule has 5 nitrogen and oxygen atoms in total. The third kappa shape index (κ3) is 2.42. The number of nitrogens with one attached hydrogen (secondary N) is 1. The van der Waals surface area contributed by atoms with E-state index in [2.05, 4.69) is 15.0 Å². The molecule has 2 heterocycles. The number of nitrogen functional groups attached to an aromatic ring is 1. The molecule has 1 atom stereocenters. The number of aromatic amines is 1. The van der Waals surface area contributed by atoms with Crippen molar-refractivity contribution in [2.24, 2.45) is 0 Å². The van der Waals surface area contributed by atoms with Gasteiger partial charge in [-0.25, -0.2) is 4.98 Å². The number of fused-ring (bicyclic) bond motifs is 1. The van der Waals surface area contributed by atoms with E-state index in [4.69, 9.17) is 5.73 Å². The van der Waals surface area contributed by atoms with Crippen molar-refractivity contribution in [1.82, 2.24) is 15.0 Å². The molecule has 0 fully saturated rings. The van der Waals surface area contributed by atoms with Crippen molar-refractivity contribution in [3.05, 3.63) is 47.8 Å². The van der Waals surface area contributed by atoms with Crippen LogP contribution in [-0.4, -0.2) is 19.2 Å². The van der Waals surface area contributed by atoms with Crippen LogP contribution in [0.15, 0.2) is 41.7 Å². The fourth-order valence-corrected chi connectivity index (χ4v) is 3.08. The molecule has 0 radical (unpaired) electrons. The number of hydrogen-bond acceptors (Lipinski definition) is 4. The zero-order valence-electron chi connectivity index (χ0n) is 11.0. The Balaban J connectivity index is 1.91. The summed E-state index contributed by atoms with van der Waals surface area (Å²) in [5, 5.41) is 0.454. The van der Waals surface area contributed by atoms with E-state index in [1.165, 1.54) is 0 Å². The van der Waals surface area contributed by atoms with E-state index >= 15 is 0 Å². The first-order valence-corrected chi connectivity index (χ1v) is 7.49. The largest absolute Gasteiger partial charge is 0.399 e. The molecule has 0 aliphatic rings. The maximum atomic E-state index is 12.4. The lowest BCUT2D eigenvalue weighted by Crippen LogP contribution is -2.02. The molecule has 0 bridgehead atoms. The monoisotopic (exact) mass is 286 g/mol. The minimum absolute atomic E-state index is 0.349. The Labute approximate surface area is 118 Å². The first kappa shape index (κ1) is 12.8. The Hall–Kier alpha value is -2.21. The Morgan fingerprint density at radius 3 is 3.00 bits per heavy atom. The molecule has 0 spiro atoms. The van der Waals surface area contributed by atoms with Gasteiger partial charge in [0.15, 0.2) is 5.16 Å². The molecule has 6 heteroatoms. The van der Waals surface area contributed by atoms with Crippen molar-refractivity contribution in [3.63, 3.8) is 0 Å². The number of H-pyrrole nitrogens is 1. The number of pyridine rings is 1. The Bertz CT molecular complexity index is 797. The molecular weight excluding hydrogens is 272 g/mol. The van der Waals surface area contributed by atoms with Crippen LogP contribution in [0.4, 0.5) is 5.69 Å². The number of benzene rings is 1. The third-order valence-corrected chi connectivity index (χ3v) is 4.25. The molecule has 1 aromatic carbocycles. The van der Waals surface area contributed by atoms with Crippen molar-refractivity contribution in [2.45, 2.75) is 17.8 Å². The van der Waals surface area contributed by atoms with Gasteiger partial charge in [0.1, 0.15) is 0 Å². The van der Waals surface area contributed by atoms with Gasteiger partial charge in [0.2, 0.25) is 0 Å². The molecule has 0 aliphatic carbocycles. The molecule has 3 N–H and O–H groups in total. The fourth-order valence-electron chi connectivity index (χ4n) is 1.97. The third-order valence-electron chi connectivity index (χ3n) is 3.09. The van der Waals surface area contributed by atoms with Gasteiger partial charge in [-0.3, -0.25) is 9.19 Å². The van der Waals surface area contributed by atoms with E-state index in [0.717, 1.165) is 22.3 Å². The van der Waals surface area contributed by atoms with Crippen molar-refractivity contribution in [3.8, 4) is 0 Å². The molecule has 0 saturated carbocycles. The summed E-state index contributed by atoms with van der Waals surface area (Å²) in [4.78, 5) is 11.7. The van der Waals surface area contributed by atoms with Crippen LogP contribution >= 0.6 is 0 Å². The molecule has 3 aromatic rings. The second-order valence-corrected chi connectivity index (χ2v) is 5.94. The maximum Gasteiger partial charge on any atom is 0.197 e. The van der Waals surface area contributed by atoms with Crippen LogP contribution in [0.5, 0.6) is 0 Å². The second-order valence-electron chi connectivity index (χ2n) is 4.58. The van der Waals surface area contributed by atoms with E-state index in [9.17, 15) is 4.21 Å². The van der Waals surface area contributed by atoms with Gasteiger partial charge in [0, 0.05) is 11.9 Å². The Morgan fingerprint density at radius 2 is 2.20 bits per heavy atom. The standard InChI is InChI=1S/C14H14N4OS/c1-9-3-2-6-16-13(9)8-20(19)14-17-11-5-4-10(15)7-12(11)18-14/h2-7H,8,15H2,1H3,(H,17,18). The fraction of sp³-hybridized carbons (Fsp3) is 0.143. The van der Waals surface area contributed by atoms with E-state index in [0.29, 0.717) is 16.6 Å². The van der Waals surface area contributed by atoms with Gasteiger partial charge in [-0.1, -0.05) is 6.07 Å². The summed E-state index contributed by atoms with van der Waals surface area (Å²) < 4.78 is 12.4. The van der Waals surface area contributed by atoms with Crippen LogP contribution in [-0.2, 0) is 16.6 Å². The first-order valence-electron chi connectivity index (χ1n) is 6.17. The quantitative estimate of drug-likeness (QED) is 0.723. The highest BCUT2D eigenvalue weighted by Crippen LogP contribution is 2.18. The van der Waals surface area contributed by atoms with E-state index in [-0.39, 0.29) is 0 Å². The lowest BCUT2D eigenvalue weighted by atomic mass is 10.2. The summed E-state index contributed by atoms with van der Waals surface area (Å²) in [6.45, 7) is 1.96. The normalized spacial score (nSPS) is 12.7. The number of nitrogens with zero attached hydrogens (tertiary/aromatic N) is 2. The van der Waals surface area contributed by atoms with Crippen molar-refractivity contribution >= 4 is 27.5 Å². The number of imidazole rings is 1. The zero-order valence-corrected chi connectivity index (χ0v) is 11.8. The summed E-state index contributed by atoms with van der Waals surface area (Å²) in [5.74, 6) is 0.349. The molecular formula is C14H14N4OS. The van der Waals surface area contributed by atoms with E-state index < -0.39 is 10.8 Å². The SMILES string of the molecule is Cc1cccnc1CS(=O)c1nc2ccc(N)cc2[nH]1. The van der Waals surface area contributed by atoms with Crippen LogP contribution < -0.4 is 5.73 Å². The number of nitrogens with two attached hydrogens (primary N) is 1. The van der Waals surface area contributed by atoms with Gasteiger partial charge >= 0.3 is 0 Å². The Kier molecular flexibility index (Phi) is 3.23. The zero-order chi connectivity index (χ0) is 14.1. The molecule has 20 heavy (non-hydrogen) atoms. The van der Waals surface area contributed by atoms with Gasteiger partial charge in [0.05, 0.1) is 33.3 Å². The molecule has 0 amide bonds. The smallest absolute Gasteiger partial charge is 0.197 e. The highest BCUT2D eigenvalue weighted by molar-refractivity contribution is 7.84. The molecule has 2 aromatic heterocycles. The summed E-state index contributed by atoms with van der Waals surface area (Å²) in [6.07, 6.45) is 1.71. The average Bonchev–Trinajstić information content (AvgIpc) is 2.84. The van der Waals surface area contributed by atoms with Crippen LogP contribution in [0.1, 0.15) is 11.3 Å². The predicted molar refractivity (Wildman–Crippen MR) is 79.6 cm³/mol. The number of aryl methyl sites for hydroxylation is 1. The Morgan fingerprint density at radius 1 is 1.35 bits per heavy atom. The number of anilines is 1. The molecule has 0 saturated heterocycles. The molecule has 0 aliphatic heterocycles. The molecule has 1 unspecified atom stereocenters. The summed E-state index contributed by atoms with van der Waals surface area (Å²) in [5.41, 5.74) is 9.79. The lowest BCUT2D eigenvalue weighted by Gasteiger charge is -2.02. The van der Waals surface area contributed by atoms with E-state index in [1.54, 1.807) is 18.3 Å². The average molecular weight is 286 g/mol. The van der Waals surface area contributed by atoms with Crippen LogP contribution in [0.2, 0.25) is 0 Å². The summed E-state index contributed by atoms with van der Waals surface area (Å²) in [6, 6.07) is 9.20. The number of aromatic nitrogens is 3. The number of rotatable bonds is 3. The predicted octanol–water partition coefficient (Wildman–Crippen LogP) is 2.16. The van der Waals surface area contributed by atoms with Crippen LogP contribution in [0, 0.1) is 6.92 Å². The summed E-state index contributed by atoms with van der Waals surface area (Å²) in [7, 11) is -1.25. The van der Waals surface area contributed by atoms with Crippen LogP contribution in [0.25, 0.3) is 11.0 Å². The van der Waals surface area contributed by atoms with Crippen molar-refractivity contribution in [1.29, 1.82) is 0 Å². The highest BCUT2D eigenvalue weighted by atomic mass is 32.2. The first-order chi connectivity index (χ1) is 9.63.